The van der Waals surface area contributed by atoms with Crippen LogP contribution in [0.15, 0.2) is 29.8 Å². The fourth-order valence-electron chi connectivity index (χ4n) is 5.12. The molecule has 4 fully saturated rings. The van der Waals surface area contributed by atoms with Gasteiger partial charge in [-0.05, 0) is 73.8 Å². The standard InChI is InChI=1S/C19H21N/c1-12-2-4-15(5-3-12)18(11-20)19-16-7-13-6-14(9-16)10-17(19)8-13/h2-5,13-14,16-17H,6-10H2,1H3. The molecular formula is C19H21N. The first-order chi connectivity index (χ1) is 9.74. The summed E-state index contributed by atoms with van der Waals surface area (Å²) >= 11 is 0. The van der Waals surface area contributed by atoms with Gasteiger partial charge in [-0.2, -0.15) is 5.26 Å². The third-order valence-corrected chi connectivity index (χ3v) is 5.76. The summed E-state index contributed by atoms with van der Waals surface area (Å²) in [6.45, 7) is 2.10. The Hall–Kier alpha value is -1.55. The molecule has 0 unspecified atom stereocenters. The zero-order chi connectivity index (χ0) is 13.7. The zero-order valence-electron chi connectivity index (χ0n) is 12.1. The molecule has 4 aliphatic rings. The summed E-state index contributed by atoms with van der Waals surface area (Å²) in [4.78, 5) is 0. The number of rotatable bonds is 1. The van der Waals surface area contributed by atoms with E-state index in [1.54, 1.807) is 0 Å². The highest BCUT2D eigenvalue weighted by Crippen LogP contribution is 2.57. The van der Waals surface area contributed by atoms with Crippen LogP contribution in [0.2, 0.25) is 0 Å². The second kappa shape index (κ2) is 4.48. The van der Waals surface area contributed by atoms with Crippen molar-refractivity contribution in [1.82, 2.24) is 0 Å². The lowest BCUT2D eigenvalue weighted by molar-refractivity contribution is 0.0706. The maximum absolute atomic E-state index is 9.73. The van der Waals surface area contributed by atoms with E-state index in [0.29, 0.717) is 11.8 Å². The number of nitriles is 1. The molecule has 102 valence electrons. The minimum absolute atomic E-state index is 0.710. The first-order valence-electron chi connectivity index (χ1n) is 7.95. The summed E-state index contributed by atoms with van der Waals surface area (Å²) < 4.78 is 0. The third kappa shape index (κ3) is 1.82. The van der Waals surface area contributed by atoms with E-state index >= 15 is 0 Å². The van der Waals surface area contributed by atoms with Crippen LogP contribution >= 0.6 is 0 Å². The number of benzene rings is 1. The quantitative estimate of drug-likeness (QED) is 0.672. The van der Waals surface area contributed by atoms with Crippen LogP contribution in [0.5, 0.6) is 0 Å². The number of hydrogen-bond donors (Lipinski definition) is 0. The van der Waals surface area contributed by atoms with Crippen LogP contribution in [0.4, 0.5) is 0 Å². The molecule has 1 aromatic carbocycles. The summed E-state index contributed by atoms with van der Waals surface area (Å²) in [7, 11) is 0. The molecule has 5 rings (SSSR count). The molecule has 1 heteroatoms. The van der Waals surface area contributed by atoms with Gasteiger partial charge in [0, 0.05) is 0 Å². The lowest BCUT2D eigenvalue weighted by Gasteiger charge is -2.51. The highest BCUT2D eigenvalue weighted by atomic mass is 14.5. The molecule has 4 bridgehead atoms. The first-order valence-corrected chi connectivity index (χ1v) is 7.95. The summed E-state index contributed by atoms with van der Waals surface area (Å²) in [5, 5.41) is 9.73. The molecule has 0 atom stereocenters. The Morgan fingerprint density at radius 3 is 2.00 bits per heavy atom. The van der Waals surface area contributed by atoms with Crippen LogP contribution in [0, 0.1) is 41.9 Å². The number of hydrogen-bond acceptors (Lipinski definition) is 1. The van der Waals surface area contributed by atoms with E-state index in [9.17, 15) is 5.26 Å². The molecule has 4 aliphatic carbocycles. The normalized spacial score (nSPS) is 34.1. The predicted molar refractivity (Wildman–Crippen MR) is 80.8 cm³/mol. The van der Waals surface area contributed by atoms with Crippen molar-refractivity contribution in [2.75, 3.05) is 0 Å². The van der Waals surface area contributed by atoms with E-state index in [0.717, 1.165) is 23.0 Å². The van der Waals surface area contributed by atoms with E-state index in [-0.39, 0.29) is 0 Å². The number of aryl methyl sites for hydroxylation is 1. The van der Waals surface area contributed by atoms with Crippen LogP contribution in [-0.2, 0) is 0 Å². The predicted octanol–water partition coefficient (Wildman–Crippen LogP) is 4.73. The van der Waals surface area contributed by atoms with Crippen LogP contribution in [-0.4, -0.2) is 0 Å². The van der Waals surface area contributed by atoms with E-state index in [1.165, 1.54) is 43.2 Å². The molecule has 0 amide bonds. The van der Waals surface area contributed by atoms with Gasteiger partial charge in [0.2, 0.25) is 0 Å². The zero-order valence-corrected chi connectivity index (χ0v) is 12.1. The van der Waals surface area contributed by atoms with Crippen molar-refractivity contribution in [2.24, 2.45) is 23.7 Å². The maximum Gasteiger partial charge on any atom is 0.0997 e. The largest absolute Gasteiger partial charge is 0.192 e. The molecule has 20 heavy (non-hydrogen) atoms. The SMILES string of the molecule is Cc1ccc(C(C#N)=C2C3CC4CC(C3)CC2C4)cc1. The minimum atomic E-state index is 0.710. The van der Waals surface area contributed by atoms with E-state index < -0.39 is 0 Å². The van der Waals surface area contributed by atoms with Crippen molar-refractivity contribution in [3.8, 4) is 6.07 Å². The van der Waals surface area contributed by atoms with Gasteiger partial charge in [-0.25, -0.2) is 0 Å². The average Bonchev–Trinajstić information content (AvgIpc) is 2.43. The molecule has 0 aromatic heterocycles. The van der Waals surface area contributed by atoms with E-state index in [2.05, 4.69) is 37.3 Å². The van der Waals surface area contributed by atoms with Crippen LogP contribution in [0.1, 0.15) is 43.2 Å². The van der Waals surface area contributed by atoms with Crippen LogP contribution < -0.4 is 0 Å². The molecule has 1 nitrogen and oxygen atoms in total. The average molecular weight is 263 g/mol. The minimum Gasteiger partial charge on any atom is -0.192 e. The fraction of sp³-hybridized carbons (Fsp3) is 0.526. The van der Waals surface area contributed by atoms with Crippen LogP contribution in [0.3, 0.4) is 0 Å². The van der Waals surface area contributed by atoms with Crippen molar-refractivity contribution in [1.29, 1.82) is 5.26 Å². The Balaban J connectivity index is 1.79. The topological polar surface area (TPSA) is 23.8 Å². The second-order valence-electron chi connectivity index (χ2n) is 7.11. The molecule has 0 saturated heterocycles. The fourth-order valence-corrected chi connectivity index (χ4v) is 5.12. The van der Waals surface area contributed by atoms with Crippen molar-refractivity contribution in [3.05, 3.63) is 41.0 Å². The van der Waals surface area contributed by atoms with Gasteiger partial charge in [0.1, 0.15) is 0 Å². The lowest BCUT2D eigenvalue weighted by atomic mass is 9.53. The molecule has 1 aromatic rings. The molecular weight excluding hydrogens is 242 g/mol. The summed E-state index contributed by atoms with van der Waals surface area (Å²) in [5.74, 6) is 3.34. The van der Waals surface area contributed by atoms with Gasteiger partial charge in [0.05, 0.1) is 11.6 Å². The molecule has 4 saturated carbocycles. The van der Waals surface area contributed by atoms with Crippen molar-refractivity contribution in [3.63, 3.8) is 0 Å². The first kappa shape index (κ1) is 12.2. The van der Waals surface area contributed by atoms with Crippen molar-refractivity contribution < 1.29 is 0 Å². The molecule has 0 N–H and O–H groups in total. The van der Waals surface area contributed by atoms with Gasteiger partial charge < -0.3 is 0 Å². The van der Waals surface area contributed by atoms with Gasteiger partial charge >= 0.3 is 0 Å². The summed E-state index contributed by atoms with van der Waals surface area (Å²) in [6, 6.07) is 11.1. The maximum atomic E-state index is 9.73. The molecule has 0 heterocycles. The van der Waals surface area contributed by atoms with Gasteiger partial charge in [0.25, 0.3) is 0 Å². The second-order valence-corrected chi connectivity index (χ2v) is 7.11. The highest BCUT2D eigenvalue weighted by molar-refractivity contribution is 5.80. The number of nitrogens with zero attached hydrogens (tertiary/aromatic N) is 1. The number of allylic oxidation sites excluding steroid dienone is 2. The summed E-state index contributed by atoms with van der Waals surface area (Å²) in [5.41, 5.74) is 4.92. The van der Waals surface area contributed by atoms with Gasteiger partial charge in [-0.1, -0.05) is 29.8 Å². The Bertz CT molecular complexity index is 570. The molecule has 0 spiro atoms. The Morgan fingerprint density at radius 2 is 1.50 bits per heavy atom. The molecule has 0 radical (unpaired) electrons. The monoisotopic (exact) mass is 263 g/mol. The van der Waals surface area contributed by atoms with E-state index in [1.807, 2.05) is 0 Å². The Morgan fingerprint density at radius 1 is 0.950 bits per heavy atom. The Labute approximate surface area is 121 Å². The summed E-state index contributed by atoms with van der Waals surface area (Å²) in [6.07, 6.45) is 6.85. The van der Waals surface area contributed by atoms with Crippen LogP contribution in [0.25, 0.3) is 5.57 Å². The third-order valence-electron chi connectivity index (χ3n) is 5.76. The van der Waals surface area contributed by atoms with Crippen molar-refractivity contribution >= 4 is 5.57 Å². The van der Waals surface area contributed by atoms with Crippen molar-refractivity contribution in [2.45, 2.75) is 39.0 Å². The van der Waals surface area contributed by atoms with E-state index in [4.69, 9.17) is 0 Å². The lowest BCUT2D eigenvalue weighted by Crippen LogP contribution is -2.40. The van der Waals surface area contributed by atoms with Gasteiger partial charge in [0.15, 0.2) is 0 Å². The van der Waals surface area contributed by atoms with Gasteiger partial charge in [-0.15, -0.1) is 0 Å². The Kier molecular flexibility index (Phi) is 2.74. The van der Waals surface area contributed by atoms with Gasteiger partial charge in [-0.3, -0.25) is 0 Å². The molecule has 0 aliphatic heterocycles. The smallest absolute Gasteiger partial charge is 0.0997 e. The highest BCUT2D eigenvalue weighted by Gasteiger charge is 2.46.